The minimum atomic E-state index is -2.88. The Bertz CT molecular complexity index is 181. The summed E-state index contributed by atoms with van der Waals surface area (Å²) in [6.45, 7) is 11.3. The first-order valence-electron chi connectivity index (χ1n) is 5.41. The standard InChI is InChI=1S/C3H7N.3C2H5.CH4N.Ta/c1-3(2)4;4*1-2;/h3H,1-2H3;3*1H2,2H3;2H,1H3;/q;;;;-1;+1. The van der Waals surface area contributed by atoms with Crippen LogP contribution < -0.4 is 3.72 Å². The van der Waals surface area contributed by atoms with Crippen molar-refractivity contribution in [3.8, 4) is 0 Å². The summed E-state index contributed by atoms with van der Waals surface area (Å²) in [6.07, 6.45) is 0. The van der Waals surface area contributed by atoms with Crippen molar-refractivity contribution in [1.29, 1.82) is 0 Å². The summed E-state index contributed by atoms with van der Waals surface area (Å²) in [5, 5.41) is 0. The number of hydrogen-bond acceptors (Lipinski definition) is 1. The Kier molecular flexibility index (Phi) is 5.02. The molecule has 0 aromatic heterocycles. The first-order chi connectivity index (χ1) is 5.97. The third-order valence-corrected chi connectivity index (χ3v) is 27.4. The monoisotopic (exact) mass is 355 g/mol. The van der Waals surface area contributed by atoms with E-state index < -0.39 is 15.9 Å². The van der Waals surface area contributed by atoms with Gasteiger partial charge in [-0.3, -0.25) is 0 Å². The van der Waals surface area contributed by atoms with E-state index in [1.807, 2.05) is 0 Å². The van der Waals surface area contributed by atoms with Crippen LogP contribution in [-0.4, -0.2) is 13.1 Å². The van der Waals surface area contributed by atoms with Crippen LogP contribution in [0.2, 0.25) is 13.9 Å². The molecule has 0 spiro atoms. The second-order valence-electron chi connectivity index (χ2n) is 4.05. The maximum absolute atomic E-state index is 5.12. The van der Waals surface area contributed by atoms with E-state index in [2.05, 4.69) is 45.4 Å². The van der Waals surface area contributed by atoms with E-state index in [-0.39, 0.29) is 0 Å². The van der Waals surface area contributed by atoms with Crippen LogP contribution in [0.1, 0.15) is 34.6 Å². The van der Waals surface area contributed by atoms with Gasteiger partial charge in [0.25, 0.3) is 0 Å². The molecular formula is C10H26N2Ta. The van der Waals surface area contributed by atoms with Crippen LogP contribution in [0.4, 0.5) is 0 Å². The van der Waals surface area contributed by atoms with Crippen molar-refractivity contribution >= 4 is 0 Å². The Morgan fingerprint density at radius 3 is 1.54 bits per heavy atom. The maximum atomic E-state index is 5.12. The molecule has 0 aromatic rings. The fourth-order valence-electron chi connectivity index (χ4n) is 2.05. The quantitative estimate of drug-likeness (QED) is 0.799. The van der Waals surface area contributed by atoms with Crippen LogP contribution in [0.25, 0.3) is 0 Å². The summed E-state index contributed by atoms with van der Waals surface area (Å²) in [4.78, 5) is 0. The van der Waals surface area contributed by atoms with E-state index in [4.69, 9.17) is 3.34 Å². The molecule has 1 N–H and O–H groups in total. The summed E-state index contributed by atoms with van der Waals surface area (Å²) in [7, 11) is 2.12. The van der Waals surface area contributed by atoms with E-state index >= 15 is 0 Å². The number of nitrogens with one attached hydrogen (secondary N) is 1. The van der Waals surface area contributed by atoms with Crippen molar-refractivity contribution in [2.24, 2.45) is 3.34 Å². The van der Waals surface area contributed by atoms with Crippen molar-refractivity contribution in [1.82, 2.24) is 3.72 Å². The molecule has 0 aliphatic rings. The zero-order valence-corrected chi connectivity index (χ0v) is 13.3. The molecule has 0 aromatic carbocycles. The van der Waals surface area contributed by atoms with Crippen molar-refractivity contribution in [2.75, 3.05) is 7.05 Å². The van der Waals surface area contributed by atoms with Gasteiger partial charge in [0.1, 0.15) is 0 Å². The molecule has 0 fully saturated rings. The average molecular weight is 355 g/mol. The molecule has 0 aliphatic carbocycles. The van der Waals surface area contributed by atoms with Crippen LogP contribution >= 0.6 is 0 Å². The first kappa shape index (κ1) is 13.5. The molecular weight excluding hydrogens is 329 g/mol. The van der Waals surface area contributed by atoms with Gasteiger partial charge < -0.3 is 0 Å². The fraction of sp³-hybridized carbons (Fsp3) is 1.00. The molecule has 0 saturated carbocycles. The molecule has 0 heterocycles. The first-order valence-corrected chi connectivity index (χ1v) is 15.3. The predicted octanol–water partition coefficient (Wildman–Crippen LogP) is 3.72. The topological polar surface area (TPSA) is 24.4 Å². The summed E-state index contributed by atoms with van der Waals surface area (Å²) >= 11 is -2.88. The van der Waals surface area contributed by atoms with Gasteiger partial charge in [-0.05, 0) is 0 Å². The number of nitrogens with zero attached hydrogens (tertiary/aromatic N) is 1. The van der Waals surface area contributed by atoms with Crippen molar-refractivity contribution in [3.05, 3.63) is 0 Å². The molecule has 0 radical (unpaired) electrons. The summed E-state index contributed by atoms with van der Waals surface area (Å²) in [5.41, 5.74) is 0. The Balaban J connectivity index is 5.33. The van der Waals surface area contributed by atoms with Gasteiger partial charge in [-0.25, -0.2) is 0 Å². The van der Waals surface area contributed by atoms with Gasteiger partial charge in [-0.15, -0.1) is 0 Å². The third-order valence-electron chi connectivity index (χ3n) is 3.35. The van der Waals surface area contributed by atoms with Crippen LogP contribution in [0.5, 0.6) is 0 Å². The van der Waals surface area contributed by atoms with E-state index in [1.54, 1.807) is 0 Å². The van der Waals surface area contributed by atoms with E-state index in [0.29, 0.717) is 6.04 Å². The molecule has 3 heteroatoms. The van der Waals surface area contributed by atoms with Crippen molar-refractivity contribution in [3.63, 3.8) is 0 Å². The van der Waals surface area contributed by atoms with Gasteiger partial charge in [0.05, 0.1) is 0 Å². The van der Waals surface area contributed by atoms with Gasteiger partial charge in [-0.1, -0.05) is 0 Å². The molecule has 0 rings (SSSR count). The predicted molar refractivity (Wildman–Crippen MR) is 58.1 cm³/mol. The van der Waals surface area contributed by atoms with Gasteiger partial charge in [0.15, 0.2) is 0 Å². The third kappa shape index (κ3) is 2.72. The Hall–Kier alpha value is 0.500. The zero-order chi connectivity index (χ0) is 10.6. The van der Waals surface area contributed by atoms with Crippen LogP contribution in [0, 0.1) is 0 Å². The van der Waals surface area contributed by atoms with Gasteiger partial charge in [-0.2, -0.15) is 0 Å². The Morgan fingerprint density at radius 1 is 1.08 bits per heavy atom. The molecule has 13 heavy (non-hydrogen) atoms. The molecule has 0 amide bonds. The van der Waals surface area contributed by atoms with E-state index in [0.717, 1.165) is 0 Å². The minimum absolute atomic E-state index is 0.486. The summed E-state index contributed by atoms with van der Waals surface area (Å²) in [6, 6.07) is 0.486. The Morgan fingerprint density at radius 2 is 1.46 bits per heavy atom. The number of hydrogen-bond donors (Lipinski definition) is 1. The van der Waals surface area contributed by atoms with Crippen LogP contribution in [-0.2, 0) is 15.9 Å². The molecule has 0 unspecified atom stereocenters. The van der Waals surface area contributed by atoms with Crippen LogP contribution in [0.3, 0.4) is 0 Å². The van der Waals surface area contributed by atoms with Gasteiger partial charge in [0.2, 0.25) is 0 Å². The van der Waals surface area contributed by atoms with Gasteiger partial charge in [0, 0.05) is 0 Å². The molecule has 2 nitrogen and oxygen atoms in total. The second kappa shape index (κ2) is 4.83. The average Bonchev–Trinajstić information content (AvgIpc) is 2.15. The van der Waals surface area contributed by atoms with E-state index in [9.17, 15) is 0 Å². The number of rotatable bonds is 5. The Labute approximate surface area is 84.6 Å². The van der Waals surface area contributed by atoms with Crippen LogP contribution in [0.15, 0.2) is 3.34 Å². The molecule has 0 bridgehead atoms. The molecule has 0 atom stereocenters. The normalized spacial score (nSPS) is 15.5. The molecule has 0 aliphatic heterocycles. The van der Waals surface area contributed by atoms with Gasteiger partial charge >= 0.3 is 84.6 Å². The fourth-order valence-corrected chi connectivity index (χ4v) is 16.8. The van der Waals surface area contributed by atoms with Crippen molar-refractivity contribution < 1.29 is 15.9 Å². The van der Waals surface area contributed by atoms with E-state index in [1.165, 1.54) is 13.9 Å². The molecule has 81 valence electrons. The SMILES string of the molecule is C[CH2][Ta]([CH2]C)([CH2]C)(=[N]C(C)C)[NH]C. The second-order valence-corrected chi connectivity index (χ2v) is 25.3. The summed E-state index contributed by atoms with van der Waals surface area (Å²) < 4.78 is 12.6. The summed E-state index contributed by atoms with van der Waals surface area (Å²) in [5.74, 6) is 0. The molecule has 0 saturated heterocycles. The zero-order valence-electron chi connectivity index (χ0n) is 10.1. The van der Waals surface area contributed by atoms with Crippen molar-refractivity contribution in [2.45, 2.75) is 54.6 Å².